The maximum Gasteiger partial charge on any atom is 0.0931 e. The fourth-order valence-corrected chi connectivity index (χ4v) is 3.49. The summed E-state index contributed by atoms with van der Waals surface area (Å²) in [5.41, 5.74) is -0.489. The van der Waals surface area contributed by atoms with Gasteiger partial charge in [0, 0.05) is 18.0 Å². The molecule has 1 aliphatic rings. The number of thiophene rings is 1. The van der Waals surface area contributed by atoms with Crippen LogP contribution in [0.5, 0.6) is 0 Å². The van der Waals surface area contributed by atoms with Crippen LogP contribution in [-0.4, -0.2) is 17.3 Å². The molecule has 0 aliphatic heterocycles. The first kappa shape index (κ1) is 13.3. The van der Waals surface area contributed by atoms with E-state index in [1.807, 2.05) is 12.1 Å². The van der Waals surface area contributed by atoms with Crippen LogP contribution in [0.2, 0.25) is 4.34 Å². The number of rotatable bonds is 4. The van der Waals surface area contributed by atoms with Crippen LogP contribution in [0.25, 0.3) is 0 Å². The standard InChI is InChI=1S/C13H20ClNOS/c14-12-6-5-11(17-12)9-15-10-13(16)7-3-1-2-4-8-13/h5-6,15-16H,1-4,7-10H2. The maximum atomic E-state index is 10.4. The van der Waals surface area contributed by atoms with Crippen LogP contribution < -0.4 is 5.32 Å². The Hall–Kier alpha value is -0.0900. The van der Waals surface area contributed by atoms with E-state index in [2.05, 4.69) is 5.32 Å². The highest BCUT2D eigenvalue weighted by Crippen LogP contribution is 2.26. The fourth-order valence-electron chi connectivity index (χ4n) is 2.43. The van der Waals surface area contributed by atoms with Crippen LogP contribution in [0, 0.1) is 0 Å². The molecule has 0 atom stereocenters. The molecule has 1 aromatic rings. The third-order valence-electron chi connectivity index (χ3n) is 3.42. The van der Waals surface area contributed by atoms with E-state index in [0.717, 1.165) is 36.6 Å². The smallest absolute Gasteiger partial charge is 0.0931 e. The lowest BCUT2D eigenvalue weighted by Gasteiger charge is -2.26. The lowest BCUT2D eigenvalue weighted by atomic mass is 9.94. The van der Waals surface area contributed by atoms with Crippen LogP contribution in [0.4, 0.5) is 0 Å². The van der Waals surface area contributed by atoms with Crippen molar-refractivity contribution in [1.82, 2.24) is 5.32 Å². The third kappa shape index (κ3) is 4.25. The van der Waals surface area contributed by atoms with Crippen LogP contribution in [0.3, 0.4) is 0 Å². The number of nitrogens with one attached hydrogen (secondary N) is 1. The molecule has 1 aromatic heterocycles. The van der Waals surface area contributed by atoms with Gasteiger partial charge in [0.2, 0.25) is 0 Å². The summed E-state index contributed by atoms with van der Waals surface area (Å²) in [4.78, 5) is 1.23. The molecule has 0 aromatic carbocycles. The number of halogens is 1. The number of aliphatic hydroxyl groups is 1. The first-order valence-electron chi connectivity index (χ1n) is 6.35. The molecule has 17 heavy (non-hydrogen) atoms. The van der Waals surface area contributed by atoms with E-state index in [-0.39, 0.29) is 0 Å². The normalized spacial score (nSPS) is 20.1. The molecule has 0 spiro atoms. The lowest BCUT2D eigenvalue weighted by Crippen LogP contribution is -2.39. The first-order chi connectivity index (χ1) is 8.18. The van der Waals surface area contributed by atoms with E-state index in [4.69, 9.17) is 11.6 Å². The first-order valence-corrected chi connectivity index (χ1v) is 7.55. The number of hydrogen-bond acceptors (Lipinski definition) is 3. The molecule has 2 rings (SSSR count). The summed E-state index contributed by atoms with van der Waals surface area (Å²) < 4.78 is 0.829. The molecule has 2 N–H and O–H groups in total. The van der Waals surface area contributed by atoms with E-state index in [1.165, 1.54) is 17.7 Å². The molecule has 1 aliphatic carbocycles. The molecule has 1 saturated carbocycles. The zero-order chi connectivity index (χ0) is 12.1. The molecule has 0 radical (unpaired) electrons. The monoisotopic (exact) mass is 273 g/mol. The van der Waals surface area contributed by atoms with Gasteiger partial charge in [-0.2, -0.15) is 0 Å². The molecule has 1 fully saturated rings. The van der Waals surface area contributed by atoms with Crippen molar-refractivity contribution in [3.63, 3.8) is 0 Å². The Labute approximate surface area is 112 Å². The Bertz CT molecular complexity index is 345. The van der Waals surface area contributed by atoms with Gasteiger partial charge in [0.15, 0.2) is 0 Å². The largest absolute Gasteiger partial charge is 0.389 e. The summed E-state index contributed by atoms with van der Waals surface area (Å²) in [6.07, 6.45) is 6.72. The molecular weight excluding hydrogens is 254 g/mol. The Morgan fingerprint density at radius 1 is 1.24 bits per heavy atom. The van der Waals surface area contributed by atoms with Gasteiger partial charge in [0.25, 0.3) is 0 Å². The van der Waals surface area contributed by atoms with Crippen molar-refractivity contribution in [1.29, 1.82) is 0 Å². The van der Waals surface area contributed by atoms with Crippen LogP contribution in [-0.2, 0) is 6.54 Å². The molecule has 96 valence electrons. The highest BCUT2D eigenvalue weighted by Gasteiger charge is 2.27. The summed E-state index contributed by atoms with van der Waals surface area (Å²) >= 11 is 7.48. The second-order valence-electron chi connectivity index (χ2n) is 4.95. The highest BCUT2D eigenvalue weighted by molar-refractivity contribution is 7.16. The zero-order valence-corrected chi connectivity index (χ0v) is 11.6. The van der Waals surface area contributed by atoms with Crippen LogP contribution in [0.15, 0.2) is 12.1 Å². The predicted molar refractivity (Wildman–Crippen MR) is 73.7 cm³/mol. The van der Waals surface area contributed by atoms with E-state index in [1.54, 1.807) is 11.3 Å². The predicted octanol–water partition coefficient (Wildman–Crippen LogP) is 3.58. The summed E-state index contributed by atoms with van der Waals surface area (Å²) in [6.45, 7) is 1.50. The average Bonchev–Trinajstić information content (AvgIpc) is 2.58. The van der Waals surface area contributed by atoms with Crippen molar-refractivity contribution in [3.8, 4) is 0 Å². The van der Waals surface area contributed by atoms with Gasteiger partial charge >= 0.3 is 0 Å². The van der Waals surface area contributed by atoms with Crippen molar-refractivity contribution in [3.05, 3.63) is 21.3 Å². The van der Waals surface area contributed by atoms with E-state index in [9.17, 15) is 5.11 Å². The Kier molecular flexibility index (Phi) is 4.86. The molecule has 0 saturated heterocycles. The van der Waals surface area contributed by atoms with E-state index >= 15 is 0 Å². The van der Waals surface area contributed by atoms with Crippen LogP contribution >= 0.6 is 22.9 Å². The van der Waals surface area contributed by atoms with Gasteiger partial charge in [-0.25, -0.2) is 0 Å². The Morgan fingerprint density at radius 2 is 1.94 bits per heavy atom. The minimum absolute atomic E-state index is 0.489. The van der Waals surface area contributed by atoms with Gasteiger partial charge in [-0.15, -0.1) is 11.3 Å². The summed E-state index contributed by atoms with van der Waals surface area (Å²) in [5.74, 6) is 0. The van der Waals surface area contributed by atoms with E-state index in [0.29, 0.717) is 6.54 Å². The molecule has 0 amide bonds. The van der Waals surface area contributed by atoms with Crippen molar-refractivity contribution in [2.75, 3.05) is 6.54 Å². The minimum atomic E-state index is -0.489. The third-order valence-corrected chi connectivity index (χ3v) is 4.65. The summed E-state index contributed by atoms with van der Waals surface area (Å²) in [5, 5.41) is 13.8. The molecular formula is C13H20ClNOS. The second kappa shape index (κ2) is 6.19. The Morgan fingerprint density at radius 3 is 2.53 bits per heavy atom. The van der Waals surface area contributed by atoms with Gasteiger partial charge in [0.1, 0.15) is 0 Å². The highest BCUT2D eigenvalue weighted by atomic mass is 35.5. The number of hydrogen-bond donors (Lipinski definition) is 2. The quantitative estimate of drug-likeness (QED) is 0.822. The van der Waals surface area contributed by atoms with Crippen molar-refractivity contribution >= 4 is 22.9 Å². The van der Waals surface area contributed by atoms with Crippen LogP contribution in [0.1, 0.15) is 43.4 Å². The average molecular weight is 274 g/mol. The van der Waals surface area contributed by atoms with Gasteiger partial charge in [0.05, 0.1) is 9.94 Å². The lowest BCUT2D eigenvalue weighted by molar-refractivity contribution is 0.0251. The van der Waals surface area contributed by atoms with Crippen molar-refractivity contribution in [2.24, 2.45) is 0 Å². The fraction of sp³-hybridized carbons (Fsp3) is 0.692. The molecule has 4 heteroatoms. The topological polar surface area (TPSA) is 32.3 Å². The summed E-state index contributed by atoms with van der Waals surface area (Å²) in [7, 11) is 0. The maximum absolute atomic E-state index is 10.4. The van der Waals surface area contributed by atoms with Gasteiger partial charge in [-0.1, -0.05) is 37.3 Å². The Balaban J connectivity index is 1.76. The molecule has 2 nitrogen and oxygen atoms in total. The second-order valence-corrected chi connectivity index (χ2v) is 6.75. The molecule has 0 bridgehead atoms. The summed E-state index contributed by atoms with van der Waals surface area (Å²) in [6, 6.07) is 3.96. The zero-order valence-electron chi connectivity index (χ0n) is 10.0. The van der Waals surface area contributed by atoms with Crippen molar-refractivity contribution < 1.29 is 5.11 Å². The van der Waals surface area contributed by atoms with Crippen molar-refractivity contribution in [2.45, 2.75) is 50.7 Å². The van der Waals surface area contributed by atoms with E-state index < -0.39 is 5.60 Å². The molecule has 0 unspecified atom stereocenters. The SMILES string of the molecule is OC1(CNCc2ccc(Cl)s2)CCCCCC1. The molecule has 1 heterocycles. The van der Waals surface area contributed by atoms with Gasteiger partial charge in [-0.3, -0.25) is 0 Å². The minimum Gasteiger partial charge on any atom is -0.389 e. The van der Waals surface area contributed by atoms with Gasteiger partial charge < -0.3 is 10.4 Å². The van der Waals surface area contributed by atoms with Gasteiger partial charge in [-0.05, 0) is 25.0 Å².